The first-order chi connectivity index (χ1) is 7.38. The van der Waals surface area contributed by atoms with E-state index in [4.69, 9.17) is 0 Å². The Bertz CT molecular complexity index is 354. The molecule has 1 aromatic carbocycles. The molecule has 2 unspecified atom stereocenters. The van der Waals surface area contributed by atoms with Gasteiger partial charge in [-0.1, -0.05) is 37.1 Å². The SMILES string of the molecule is CNC(CC1CC1)C1Cc2ccccc21. The van der Waals surface area contributed by atoms with Crippen LogP contribution < -0.4 is 5.32 Å². The Morgan fingerprint density at radius 1 is 1.33 bits per heavy atom. The molecule has 0 spiro atoms. The fraction of sp³-hybridized carbons (Fsp3) is 0.571. The molecule has 0 radical (unpaired) electrons. The van der Waals surface area contributed by atoms with Crippen LogP contribution in [0.2, 0.25) is 0 Å². The number of fused-ring (bicyclic) bond motifs is 1. The smallest absolute Gasteiger partial charge is 0.0139 e. The molecule has 15 heavy (non-hydrogen) atoms. The molecule has 0 saturated heterocycles. The van der Waals surface area contributed by atoms with Crippen LogP contribution in [0.15, 0.2) is 24.3 Å². The molecule has 3 rings (SSSR count). The van der Waals surface area contributed by atoms with Gasteiger partial charge in [0.15, 0.2) is 0 Å². The molecule has 1 aromatic rings. The summed E-state index contributed by atoms with van der Waals surface area (Å²) in [5.74, 6) is 1.81. The maximum absolute atomic E-state index is 3.52. The van der Waals surface area contributed by atoms with E-state index >= 15 is 0 Å². The van der Waals surface area contributed by atoms with Crippen molar-refractivity contribution < 1.29 is 0 Å². The van der Waals surface area contributed by atoms with Crippen molar-refractivity contribution in [2.45, 2.75) is 37.6 Å². The van der Waals surface area contributed by atoms with E-state index in [-0.39, 0.29) is 0 Å². The normalized spacial score (nSPS) is 25.5. The van der Waals surface area contributed by atoms with Crippen LogP contribution in [-0.4, -0.2) is 13.1 Å². The molecule has 0 amide bonds. The summed E-state index contributed by atoms with van der Waals surface area (Å²) < 4.78 is 0. The Balaban J connectivity index is 1.72. The molecule has 0 bridgehead atoms. The van der Waals surface area contributed by atoms with Gasteiger partial charge in [-0.2, -0.15) is 0 Å². The first-order valence-electron chi connectivity index (χ1n) is 6.13. The van der Waals surface area contributed by atoms with Gasteiger partial charge in [0, 0.05) is 12.0 Å². The van der Waals surface area contributed by atoms with E-state index in [1.807, 2.05) is 0 Å². The zero-order valence-corrected chi connectivity index (χ0v) is 9.37. The van der Waals surface area contributed by atoms with Gasteiger partial charge in [-0.3, -0.25) is 0 Å². The molecule has 0 aromatic heterocycles. The van der Waals surface area contributed by atoms with Gasteiger partial charge in [0.25, 0.3) is 0 Å². The molecular weight excluding hydrogens is 182 g/mol. The summed E-state index contributed by atoms with van der Waals surface area (Å²) in [7, 11) is 2.12. The molecule has 1 heteroatoms. The van der Waals surface area contributed by atoms with Crippen LogP contribution in [0, 0.1) is 5.92 Å². The zero-order valence-electron chi connectivity index (χ0n) is 9.37. The number of rotatable bonds is 4. The van der Waals surface area contributed by atoms with Crippen LogP contribution in [0.25, 0.3) is 0 Å². The minimum atomic E-state index is 0.715. The van der Waals surface area contributed by atoms with Gasteiger partial charge in [0.1, 0.15) is 0 Å². The van der Waals surface area contributed by atoms with Gasteiger partial charge in [0.05, 0.1) is 0 Å². The summed E-state index contributed by atoms with van der Waals surface area (Å²) in [5.41, 5.74) is 3.16. The van der Waals surface area contributed by atoms with Gasteiger partial charge >= 0.3 is 0 Å². The summed E-state index contributed by atoms with van der Waals surface area (Å²) in [5, 5.41) is 3.52. The fourth-order valence-electron chi connectivity index (χ4n) is 2.85. The van der Waals surface area contributed by atoms with Crippen molar-refractivity contribution in [2.24, 2.45) is 5.92 Å². The predicted octanol–water partition coefficient (Wildman–Crippen LogP) is 2.71. The molecule has 1 N–H and O–H groups in total. The minimum Gasteiger partial charge on any atom is -0.316 e. The predicted molar refractivity (Wildman–Crippen MR) is 63.1 cm³/mol. The molecule has 1 saturated carbocycles. The lowest BCUT2D eigenvalue weighted by atomic mass is 9.72. The van der Waals surface area contributed by atoms with E-state index in [0.29, 0.717) is 6.04 Å². The van der Waals surface area contributed by atoms with Crippen molar-refractivity contribution in [3.63, 3.8) is 0 Å². The molecule has 0 aliphatic heterocycles. The summed E-state index contributed by atoms with van der Waals surface area (Å²) in [6.07, 6.45) is 5.60. The Morgan fingerprint density at radius 2 is 2.13 bits per heavy atom. The van der Waals surface area contributed by atoms with Gasteiger partial charge in [-0.25, -0.2) is 0 Å². The molecule has 0 heterocycles. The van der Waals surface area contributed by atoms with Crippen molar-refractivity contribution in [3.8, 4) is 0 Å². The van der Waals surface area contributed by atoms with Crippen molar-refractivity contribution in [2.75, 3.05) is 7.05 Å². The highest BCUT2D eigenvalue weighted by Gasteiger charge is 2.35. The quantitative estimate of drug-likeness (QED) is 0.789. The van der Waals surface area contributed by atoms with Gasteiger partial charge in [-0.15, -0.1) is 0 Å². The molecule has 2 atom stereocenters. The fourth-order valence-corrected chi connectivity index (χ4v) is 2.85. The van der Waals surface area contributed by atoms with Gasteiger partial charge < -0.3 is 5.32 Å². The summed E-state index contributed by atoms with van der Waals surface area (Å²) >= 11 is 0. The van der Waals surface area contributed by atoms with Crippen LogP contribution in [-0.2, 0) is 6.42 Å². The van der Waals surface area contributed by atoms with Crippen LogP contribution in [0.3, 0.4) is 0 Å². The zero-order chi connectivity index (χ0) is 10.3. The minimum absolute atomic E-state index is 0.715. The van der Waals surface area contributed by atoms with E-state index in [1.165, 1.54) is 25.7 Å². The first kappa shape index (κ1) is 9.41. The average Bonchev–Trinajstić information content (AvgIpc) is 3.02. The van der Waals surface area contributed by atoms with E-state index in [1.54, 1.807) is 11.1 Å². The monoisotopic (exact) mass is 201 g/mol. The Morgan fingerprint density at radius 3 is 2.80 bits per heavy atom. The number of likely N-dealkylation sites (N-methyl/N-ethyl adjacent to an activating group) is 1. The maximum Gasteiger partial charge on any atom is 0.0139 e. The van der Waals surface area contributed by atoms with Crippen molar-refractivity contribution >= 4 is 0 Å². The van der Waals surface area contributed by atoms with Crippen LogP contribution in [0.5, 0.6) is 0 Å². The molecule has 2 aliphatic rings. The Kier molecular flexibility index (Phi) is 2.28. The van der Waals surface area contributed by atoms with E-state index < -0.39 is 0 Å². The molecule has 2 aliphatic carbocycles. The topological polar surface area (TPSA) is 12.0 Å². The second kappa shape index (κ2) is 3.64. The highest BCUT2D eigenvalue weighted by molar-refractivity contribution is 5.41. The molecule has 80 valence electrons. The van der Waals surface area contributed by atoms with Gasteiger partial charge in [-0.05, 0) is 36.9 Å². The molecule has 1 nitrogen and oxygen atoms in total. The van der Waals surface area contributed by atoms with Crippen molar-refractivity contribution in [1.82, 2.24) is 5.32 Å². The highest BCUT2D eigenvalue weighted by Crippen LogP contribution is 2.42. The number of hydrogen-bond acceptors (Lipinski definition) is 1. The third-order valence-corrected chi connectivity index (χ3v) is 4.04. The van der Waals surface area contributed by atoms with Crippen LogP contribution in [0.1, 0.15) is 36.3 Å². The summed E-state index contributed by atoms with van der Waals surface area (Å²) in [6, 6.07) is 9.63. The lowest BCUT2D eigenvalue weighted by molar-refractivity contribution is 0.386. The average molecular weight is 201 g/mol. The summed E-state index contributed by atoms with van der Waals surface area (Å²) in [6.45, 7) is 0. The number of hydrogen-bond donors (Lipinski definition) is 1. The lowest BCUT2D eigenvalue weighted by Gasteiger charge is -2.36. The number of nitrogens with one attached hydrogen (secondary N) is 1. The second-order valence-electron chi connectivity index (χ2n) is 5.08. The maximum atomic E-state index is 3.52. The second-order valence-corrected chi connectivity index (χ2v) is 5.08. The highest BCUT2D eigenvalue weighted by atomic mass is 14.9. The number of benzene rings is 1. The third-order valence-electron chi connectivity index (χ3n) is 4.04. The Labute approximate surface area is 91.9 Å². The lowest BCUT2D eigenvalue weighted by Crippen LogP contribution is -2.38. The van der Waals surface area contributed by atoms with E-state index in [0.717, 1.165) is 11.8 Å². The van der Waals surface area contributed by atoms with E-state index in [9.17, 15) is 0 Å². The van der Waals surface area contributed by atoms with Crippen molar-refractivity contribution in [3.05, 3.63) is 35.4 Å². The first-order valence-corrected chi connectivity index (χ1v) is 6.13. The molecular formula is C14H19N. The van der Waals surface area contributed by atoms with Gasteiger partial charge in [0.2, 0.25) is 0 Å². The largest absolute Gasteiger partial charge is 0.316 e. The van der Waals surface area contributed by atoms with Crippen LogP contribution >= 0.6 is 0 Å². The van der Waals surface area contributed by atoms with Crippen molar-refractivity contribution in [1.29, 1.82) is 0 Å². The third kappa shape index (κ3) is 1.69. The van der Waals surface area contributed by atoms with Crippen LogP contribution in [0.4, 0.5) is 0 Å². The standard InChI is InChI=1S/C14H19N/c1-15-14(8-10-6-7-10)13-9-11-4-2-3-5-12(11)13/h2-5,10,13-15H,6-9H2,1H3. The Hall–Kier alpha value is -0.820. The van der Waals surface area contributed by atoms with E-state index in [2.05, 4.69) is 36.6 Å². The summed E-state index contributed by atoms with van der Waals surface area (Å²) in [4.78, 5) is 0. The molecule has 1 fully saturated rings.